The summed E-state index contributed by atoms with van der Waals surface area (Å²) in [5.41, 5.74) is 4.60. The average Bonchev–Trinajstić information content (AvgIpc) is 2.51. The van der Waals surface area contributed by atoms with Crippen LogP contribution < -0.4 is 10.1 Å². The van der Waals surface area contributed by atoms with E-state index in [4.69, 9.17) is 4.74 Å². The van der Waals surface area contributed by atoms with Crippen LogP contribution in [0.25, 0.3) is 0 Å². The molecule has 3 heteroatoms. The van der Waals surface area contributed by atoms with Crippen LogP contribution in [0.5, 0.6) is 5.75 Å². The van der Waals surface area contributed by atoms with Gasteiger partial charge in [0.15, 0.2) is 6.61 Å². The minimum Gasteiger partial charge on any atom is -0.484 e. The topological polar surface area (TPSA) is 38.3 Å². The normalized spacial score (nSPS) is 11.8. The Morgan fingerprint density at radius 1 is 1.00 bits per heavy atom. The van der Waals surface area contributed by atoms with Gasteiger partial charge in [0.1, 0.15) is 5.75 Å². The highest BCUT2D eigenvalue weighted by atomic mass is 16.5. The molecule has 1 unspecified atom stereocenters. The van der Waals surface area contributed by atoms with Crippen LogP contribution in [0.15, 0.2) is 42.5 Å². The third-order valence-electron chi connectivity index (χ3n) is 3.79. The van der Waals surface area contributed by atoms with Gasteiger partial charge in [-0.3, -0.25) is 4.79 Å². The lowest BCUT2D eigenvalue weighted by atomic mass is 10.0. The molecule has 0 radical (unpaired) electrons. The Kier molecular flexibility index (Phi) is 5.80. The van der Waals surface area contributed by atoms with Crippen molar-refractivity contribution in [2.45, 2.75) is 40.2 Å². The molecule has 2 rings (SSSR count). The van der Waals surface area contributed by atoms with Gasteiger partial charge in [-0.2, -0.15) is 0 Å². The Labute approximate surface area is 138 Å². The largest absolute Gasteiger partial charge is 0.484 e. The number of carbonyl (C=O) groups excluding carboxylic acids is 1. The summed E-state index contributed by atoms with van der Waals surface area (Å²) in [6, 6.07) is 14.2. The molecule has 1 N–H and O–H groups in total. The molecular weight excluding hydrogens is 286 g/mol. The standard InChI is InChI=1S/C20H25NO2/c1-5-19(17-8-6-14(2)7-9-17)21-20(22)13-23-18-11-15(3)10-16(4)12-18/h6-12,19H,5,13H2,1-4H3,(H,21,22). The number of hydrogen-bond donors (Lipinski definition) is 1. The molecule has 3 nitrogen and oxygen atoms in total. The maximum Gasteiger partial charge on any atom is 0.258 e. The second-order valence-electron chi connectivity index (χ2n) is 6.05. The van der Waals surface area contributed by atoms with E-state index in [0.29, 0.717) is 0 Å². The van der Waals surface area contributed by atoms with Gasteiger partial charge in [-0.05, 0) is 56.0 Å². The second kappa shape index (κ2) is 7.82. The Balaban J connectivity index is 1.93. The second-order valence-corrected chi connectivity index (χ2v) is 6.05. The molecule has 0 saturated heterocycles. The highest BCUT2D eigenvalue weighted by Gasteiger charge is 2.13. The number of rotatable bonds is 6. The summed E-state index contributed by atoms with van der Waals surface area (Å²) in [4.78, 5) is 12.2. The van der Waals surface area contributed by atoms with Gasteiger partial charge in [0.05, 0.1) is 6.04 Å². The lowest BCUT2D eigenvalue weighted by molar-refractivity contribution is -0.123. The first-order chi connectivity index (χ1) is 11.0. The van der Waals surface area contributed by atoms with E-state index in [0.717, 1.165) is 28.9 Å². The summed E-state index contributed by atoms with van der Waals surface area (Å²) in [5, 5.41) is 3.04. The summed E-state index contributed by atoms with van der Waals surface area (Å²) >= 11 is 0. The molecule has 0 heterocycles. The SMILES string of the molecule is CCC(NC(=O)COc1cc(C)cc(C)c1)c1ccc(C)cc1. The molecule has 0 aliphatic heterocycles. The molecule has 0 aliphatic carbocycles. The van der Waals surface area contributed by atoms with E-state index < -0.39 is 0 Å². The van der Waals surface area contributed by atoms with E-state index >= 15 is 0 Å². The number of aryl methyl sites for hydroxylation is 3. The predicted octanol–water partition coefficient (Wildman–Crippen LogP) is 4.26. The van der Waals surface area contributed by atoms with Crippen LogP contribution in [0.2, 0.25) is 0 Å². The highest BCUT2D eigenvalue weighted by molar-refractivity contribution is 5.78. The van der Waals surface area contributed by atoms with Gasteiger partial charge in [0.25, 0.3) is 5.91 Å². The van der Waals surface area contributed by atoms with E-state index in [1.54, 1.807) is 0 Å². The molecule has 1 atom stereocenters. The first-order valence-corrected chi connectivity index (χ1v) is 8.05. The molecule has 1 amide bonds. The summed E-state index contributed by atoms with van der Waals surface area (Å²) in [7, 11) is 0. The summed E-state index contributed by atoms with van der Waals surface area (Å²) in [5.74, 6) is 0.637. The van der Waals surface area contributed by atoms with Crippen LogP contribution in [-0.2, 0) is 4.79 Å². The van der Waals surface area contributed by atoms with Crippen molar-refractivity contribution < 1.29 is 9.53 Å². The number of hydrogen-bond acceptors (Lipinski definition) is 2. The smallest absolute Gasteiger partial charge is 0.258 e. The van der Waals surface area contributed by atoms with E-state index in [2.05, 4.69) is 49.5 Å². The number of nitrogens with one attached hydrogen (secondary N) is 1. The Morgan fingerprint density at radius 3 is 2.17 bits per heavy atom. The minimum atomic E-state index is -0.100. The number of amides is 1. The van der Waals surface area contributed by atoms with Crippen LogP contribution in [-0.4, -0.2) is 12.5 Å². The molecule has 2 aromatic carbocycles. The van der Waals surface area contributed by atoms with Crippen molar-refractivity contribution in [3.8, 4) is 5.75 Å². The van der Waals surface area contributed by atoms with Crippen molar-refractivity contribution in [2.24, 2.45) is 0 Å². The summed E-state index contributed by atoms with van der Waals surface area (Å²) in [6.07, 6.45) is 0.846. The minimum absolute atomic E-state index is 0.0194. The van der Waals surface area contributed by atoms with E-state index in [1.807, 2.05) is 26.0 Å². The van der Waals surface area contributed by atoms with Gasteiger partial charge in [-0.15, -0.1) is 0 Å². The number of benzene rings is 2. The van der Waals surface area contributed by atoms with Gasteiger partial charge in [-0.25, -0.2) is 0 Å². The Hall–Kier alpha value is -2.29. The predicted molar refractivity (Wildman–Crippen MR) is 93.8 cm³/mol. The van der Waals surface area contributed by atoms with Gasteiger partial charge >= 0.3 is 0 Å². The zero-order valence-electron chi connectivity index (χ0n) is 14.3. The van der Waals surface area contributed by atoms with Crippen LogP contribution in [0.1, 0.15) is 41.6 Å². The van der Waals surface area contributed by atoms with Crippen molar-refractivity contribution >= 4 is 5.91 Å². The Bertz CT molecular complexity index is 642. The van der Waals surface area contributed by atoms with Gasteiger partial charge in [-0.1, -0.05) is 42.8 Å². The first-order valence-electron chi connectivity index (χ1n) is 8.05. The molecule has 0 saturated carbocycles. The van der Waals surface area contributed by atoms with Crippen LogP contribution in [0.3, 0.4) is 0 Å². The highest BCUT2D eigenvalue weighted by Crippen LogP contribution is 2.18. The van der Waals surface area contributed by atoms with Crippen LogP contribution >= 0.6 is 0 Å². The number of ether oxygens (including phenoxy) is 1. The van der Waals surface area contributed by atoms with E-state index in [9.17, 15) is 4.79 Å². The molecule has 0 fully saturated rings. The fourth-order valence-electron chi connectivity index (χ4n) is 2.62. The molecule has 0 aromatic heterocycles. The third-order valence-corrected chi connectivity index (χ3v) is 3.79. The van der Waals surface area contributed by atoms with Crippen LogP contribution in [0, 0.1) is 20.8 Å². The van der Waals surface area contributed by atoms with Gasteiger partial charge < -0.3 is 10.1 Å². The third kappa shape index (κ3) is 5.13. The zero-order chi connectivity index (χ0) is 16.8. The average molecular weight is 311 g/mol. The maximum absolute atomic E-state index is 12.2. The molecule has 0 spiro atoms. The number of carbonyl (C=O) groups is 1. The fourth-order valence-corrected chi connectivity index (χ4v) is 2.62. The van der Waals surface area contributed by atoms with Crippen molar-refractivity contribution in [3.05, 3.63) is 64.7 Å². The van der Waals surface area contributed by atoms with Crippen molar-refractivity contribution in [3.63, 3.8) is 0 Å². The molecule has 0 aliphatic rings. The molecular formula is C20H25NO2. The lowest BCUT2D eigenvalue weighted by Crippen LogP contribution is -2.32. The molecule has 2 aromatic rings. The maximum atomic E-state index is 12.2. The fraction of sp³-hybridized carbons (Fsp3) is 0.350. The zero-order valence-corrected chi connectivity index (χ0v) is 14.3. The van der Waals surface area contributed by atoms with Gasteiger partial charge in [0.2, 0.25) is 0 Å². The van der Waals surface area contributed by atoms with Crippen LogP contribution in [0.4, 0.5) is 0 Å². The molecule has 23 heavy (non-hydrogen) atoms. The first kappa shape index (κ1) is 17.1. The molecule has 0 bridgehead atoms. The van der Waals surface area contributed by atoms with E-state index in [1.165, 1.54) is 5.56 Å². The quantitative estimate of drug-likeness (QED) is 0.865. The summed E-state index contributed by atoms with van der Waals surface area (Å²) in [6.45, 7) is 8.19. The summed E-state index contributed by atoms with van der Waals surface area (Å²) < 4.78 is 5.62. The molecule has 122 valence electrons. The van der Waals surface area contributed by atoms with Crippen molar-refractivity contribution in [1.82, 2.24) is 5.32 Å². The Morgan fingerprint density at radius 2 is 1.61 bits per heavy atom. The van der Waals surface area contributed by atoms with E-state index in [-0.39, 0.29) is 18.6 Å². The lowest BCUT2D eigenvalue weighted by Gasteiger charge is -2.18. The van der Waals surface area contributed by atoms with Crippen molar-refractivity contribution in [2.75, 3.05) is 6.61 Å². The van der Waals surface area contributed by atoms with Crippen molar-refractivity contribution in [1.29, 1.82) is 0 Å². The van der Waals surface area contributed by atoms with Gasteiger partial charge in [0, 0.05) is 0 Å². The monoisotopic (exact) mass is 311 g/mol.